The Morgan fingerprint density at radius 1 is 1.09 bits per heavy atom. The Kier molecular flexibility index (Phi) is 7.93. The Hall–Kier alpha value is -3.10. The van der Waals surface area contributed by atoms with Gasteiger partial charge in [-0.05, 0) is 35.2 Å². The standard InChI is InChI=1S/C27H30N4O2S2/c1-6-14-31-24(16-33-22-12-10-20(11-13-22)27(2,3)4)29-30-26(31)35-18-21-17-34-25(28-21)19-8-7-9-23(15-19)32-5/h6-13,15,17H,1,14,16,18H2,2-5H3. The number of allylic oxidation sites excluding steroid dienone is 1. The van der Waals surface area contributed by atoms with Gasteiger partial charge < -0.3 is 9.47 Å². The maximum Gasteiger partial charge on any atom is 0.191 e. The van der Waals surface area contributed by atoms with Crippen molar-refractivity contribution in [3.05, 3.63) is 83.6 Å². The van der Waals surface area contributed by atoms with Gasteiger partial charge in [0, 0.05) is 23.2 Å². The van der Waals surface area contributed by atoms with Gasteiger partial charge in [-0.1, -0.05) is 62.9 Å². The van der Waals surface area contributed by atoms with Crippen molar-refractivity contribution in [1.29, 1.82) is 0 Å². The van der Waals surface area contributed by atoms with Crippen LogP contribution >= 0.6 is 23.1 Å². The quantitative estimate of drug-likeness (QED) is 0.175. The van der Waals surface area contributed by atoms with E-state index in [0.717, 1.165) is 38.7 Å². The van der Waals surface area contributed by atoms with E-state index in [-0.39, 0.29) is 5.41 Å². The molecule has 0 fully saturated rings. The molecule has 0 spiro atoms. The highest BCUT2D eigenvalue weighted by Gasteiger charge is 2.15. The molecular weight excluding hydrogens is 476 g/mol. The molecular formula is C27H30N4O2S2. The third-order valence-corrected chi connectivity index (χ3v) is 7.35. The van der Waals surface area contributed by atoms with Gasteiger partial charge >= 0.3 is 0 Å². The van der Waals surface area contributed by atoms with Gasteiger partial charge in [0.1, 0.15) is 23.1 Å². The Labute approximate surface area is 215 Å². The predicted molar refractivity (Wildman–Crippen MR) is 143 cm³/mol. The van der Waals surface area contributed by atoms with Crippen molar-refractivity contribution in [3.63, 3.8) is 0 Å². The van der Waals surface area contributed by atoms with Crippen LogP contribution in [-0.4, -0.2) is 26.9 Å². The molecule has 0 amide bonds. The van der Waals surface area contributed by atoms with Gasteiger partial charge in [-0.15, -0.1) is 28.1 Å². The Balaban J connectivity index is 1.40. The largest absolute Gasteiger partial charge is 0.497 e. The minimum absolute atomic E-state index is 0.112. The van der Waals surface area contributed by atoms with Crippen LogP contribution in [0.15, 0.2) is 71.7 Å². The van der Waals surface area contributed by atoms with E-state index >= 15 is 0 Å². The summed E-state index contributed by atoms with van der Waals surface area (Å²) >= 11 is 3.23. The number of ether oxygens (including phenoxy) is 2. The maximum absolute atomic E-state index is 6.01. The van der Waals surface area contributed by atoms with Crippen molar-refractivity contribution in [1.82, 2.24) is 19.7 Å². The molecule has 0 aliphatic carbocycles. The number of aromatic nitrogens is 4. The number of thiazole rings is 1. The molecule has 0 saturated carbocycles. The number of methoxy groups -OCH3 is 1. The molecule has 0 unspecified atom stereocenters. The van der Waals surface area contributed by atoms with Crippen LogP contribution in [0, 0.1) is 0 Å². The summed E-state index contributed by atoms with van der Waals surface area (Å²) in [7, 11) is 1.67. The fraction of sp³-hybridized carbons (Fsp3) is 0.296. The van der Waals surface area contributed by atoms with Gasteiger partial charge in [0.05, 0.1) is 12.8 Å². The second-order valence-electron chi connectivity index (χ2n) is 9.03. The first-order valence-electron chi connectivity index (χ1n) is 11.4. The van der Waals surface area contributed by atoms with Crippen LogP contribution in [-0.2, 0) is 24.3 Å². The fourth-order valence-electron chi connectivity index (χ4n) is 3.44. The molecule has 0 aliphatic rings. The lowest BCUT2D eigenvalue weighted by atomic mass is 9.87. The van der Waals surface area contributed by atoms with E-state index in [9.17, 15) is 0 Å². The summed E-state index contributed by atoms with van der Waals surface area (Å²) in [6.07, 6.45) is 1.85. The van der Waals surface area contributed by atoms with E-state index in [0.29, 0.717) is 18.9 Å². The van der Waals surface area contributed by atoms with Crippen molar-refractivity contribution < 1.29 is 9.47 Å². The monoisotopic (exact) mass is 506 g/mol. The van der Waals surface area contributed by atoms with Gasteiger partial charge in [-0.2, -0.15) is 0 Å². The molecule has 0 radical (unpaired) electrons. The highest BCUT2D eigenvalue weighted by molar-refractivity contribution is 7.98. The minimum atomic E-state index is 0.112. The summed E-state index contributed by atoms with van der Waals surface area (Å²) in [5, 5.41) is 12.7. The number of nitrogens with zero attached hydrogens (tertiary/aromatic N) is 4. The number of rotatable bonds is 10. The average Bonchev–Trinajstić information content (AvgIpc) is 3.48. The van der Waals surface area contributed by atoms with Crippen LogP contribution in [0.4, 0.5) is 0 Å². The van der Waals surface area contributed by atoms with Gasteiger partial charge in [-0.25, -0.2) is 4.98 Å². The van der Waals surface area contributed by atoms with Gasteiger partial charge in [0.2, 0.25) is 0 Å². The van der Waals surface area contributed by atoms with Crippen LogP contribution in [0.2, 0.25) is 0 Å². The topological polar surface area (TPSA) is 62.1 Å². The molecule has 6 nitrogen and oxygen atoms in total. The van der Waals surface area contributed by atoms with E-state index in [2.05, 4.69) is 55.1 Å². The molecule has 182 valence electrons. The Morgan fingerprint density at radius 3 is 2.60 bits per heavy atom. The van der Waals surface area contributed by atoms with Crippen LogP contribution in [0.5, 0.6) is 11.5 Å². The lowest BCUT2D eigenvalue weighted by Gasteiger charge is -2.19. The molecule has 0 N–H and O–H groups in total. The smallest absolute Gasteiger partial charge is 0.191 e. The molecule has 2 aromatic carbocycles. The van der Waals surface area contributed by atoms with Crippen LogP contribution in [0.25, 0.3) is 10.6 Å². The summed E-state index contributed by atoms with van der Waals surface area (Å²) in [6.45, 7) is 11.4. The van der Waals surface area contributed by atoms with Crippen LogP contribution < -0.4 is 9.47 Å². The Morgan fingerprint density at radius 2 is 1.89 bits per heavy atom. The first-order chi connectivity index (χ1) is 16.9. The van der Waals surface area contributed by atoms with Crippen LogP contribution in [0.1, 0.15) is 37.9 Å². The summed E-state index contributed by atoms with van der Waals surface area (Å²) in [6, 6.07) is 16.2. The molecule has 8 heteroatoms. The van der Waals surface area contributed by atoms with E-state index in [1.54, 1.807) is 30.2 Å². The Bertz CT molecular complexity index is 1270. The van der Waals surface area contributed by atoms with E-state index in [4.69, 9.17) is 14.5 Å². The SMILES string of the molecule is C=CCn1c(COc2ccc(C(C)(C)C)cc2)nnc1SCc1csc(-c2cccc(OC)c2)n1. The zero-order chi connectivity index (χ0) is 24.8. The number of hydrogen-bond donors (Lipinski definition) is 0. The lowest BCUT2D eigenvalue weighted by molar-refractivity contribution is 0.289. The summed E-state index contributed by atoms with van der Waals surface area (Å²) < 4.78 is 13.4. The second kappa shape index (κ2) is 11.1. The highest BCUT2D eigenvalue weighted by Crippen LogP contribution is 2.30. The van der Waals surface area contributed by atoms with Crippen LogP contribution in [0.3, 0.4) is 0 Å². The molecule has 35 heavy (non-hydrogen) atoms. The predicted octanol–water partition coefficient (Wildman–Crippen LogP) is 6.77. The molecule has 0 saturated heterocycles. The van der Waals surface area contributed by atoms with Crippen molar-refractivity contribution >= 4 is 23.1 Å². The summed E-state index contributed by atoms with van der Waals surface area (Å²) in [5.74, 6) is 3.10. The summed E-state index contributed by atoms with van der Waals surface area (Å²) in [5.41, 5.74) is 3.44. The first kappa shape index (κ1) is 25.0. The van der Waals surface area contributed by atoms with Gasteiger partial charge in [-0.3, -0.25) is 4.57 Å². The fourth-order valence-corrected chi connectivity index (χ4v) is 5.23. The summed E-state index contributed by atoms with van der Waals surface area (Å²) in [4.78, 5) is 4.79. The third kappa shape index (κ3) is 6.32. The normalized spacial score (nSPS) is 11.4. The zero-order valence-electron chi connectivity index (χ0n) is 20.5. The maximum atomic E-state index is 6.01. The van der Waals surface area contributed by atoms with E-state index in [1.807, 2.05) is 47.0 Å². The molecule has 4 rings (SSSR count). The van der Waals surface area contributed by atoms with Gasteiger partial charge in [0.15, 0.2) is 11.0 Å². The number of hydrogen-bond acceptors (Lipinski definition) is 7. The van der Waals surface area contributed by atoms with Crippen molar-refractivity contribution in [2.45, 2.75) is 50.2 Å². The minimum Gasteiger partial charge on any atom is -0.497 e. The molecule has 4 aromatic rings. The molecule has 0 bridgehead atoms. The van der Waals surface area contributed by atoms with Gasteiger partial charge in [0.25, 0.3) is 0 Å². The second-order valence-corrected chi connectivity index (χ2v) is 10.8. The molecule has 0 atom stereocenters. The lowest BCUT2D eigenvalue weighted by Crippen LogP contribution is -2.11. The number of thioether (sulfide) groups is 1. The molecule has 2 heterocycles. The zero-order valence-corrected chi connectivity index (χ0v) is 22.2. The van der Waals surface area contributed by atoms with Crippen molar-refractivity contribution in [3.8, 4) is 22.1 Å². The average molecular weight is 507 g/mol. The first-order valence-corrected chi connectivity index (χ1v) is 13.2. The third-order valence-electron chi connectivity index (χ3n) is 5.41. The highest BCUT2D eigenvalue weighted by atomic mass is 32.2. The molecule has 0 aliphatic heterocycles. The van der Waals surface area contributed by atoms with E-state index in [1.165, 1.54) is 5.56 Å². The van der Waals surface area contributed by atoms with Crippen molar-refractivity contribution in [2.75, 3.05) is 7.11 Å². The molecule has 2 aromatic heterocycles. The van der Waals surface area contributed by atoms with Crippen molar-refractivity contribution in [2.24, 2.45) is 0 Å². The van der Waals surface area contributed by atoms with E-state index < -0.39 is 0 Å². The number of benzene rings is 2.